The lowest BCUT2D eigenvalue weighted by Crippen LogP contribution is -2.28. The van der Waals surface area contributed by atoms with Crippen molar-refractivity contribution < 1.29 is 4.79 Å². The molecule has 1 aromatic rings. The number of carbonyl (C=O) groups is 1. The number of anilines is 1. The summed E-state index contributed by atoms with van der Waals surface area (Å²) in [5, 5.41) is 8.80. The molecule has 0 saturated carbocycles. The molecule has 90 valence electrons. The molecular weight excluding hydrogens is 214 g/mol. The van der Waals surface area contributed by atoms with Crippen molar-refractivity contribution in [2.75, 3.05) is 18.0 Å². The normalized spacial score (nSPS) is 11.6. The first kappa shape index (κ1) is 13.2. The fourth-order valence-corrected chi connectivity index (χ4v) is 1.54. The summed E-state index contributed by atoms with van der Waals surface area (Å²) in [5.74, 6) is 0.779. The largest absolute Gasteiger partial charge is 0.356 e. The predicted molar refractivity (Wildman–Crippen MR) is 66.9 cm³/mol. The molecule has 0 aliphatic heterocycles. The van der Waals surface area contributed by atoms with E-state index in [0.717, 1.165) is 12.4 Å². The van der Waals surface area contributed by atoms with E-state index in [2.05, 4.69) is 11.1 Å². The lowest BCUT2D eigenvalue weighted by molar-refractivity contribution is 0.101. The standard InChI is InChI=1S/C13H17N3O/c1-4-16(9-10(2)7-14)13-6-5-12(8-15-13)11(3)17/h5-6,8,10H,4,9H2,1-3H3. The maximum atomic E-state index is 11.1. The van der Waals surface area contributed by atoms with E-state index >= 15 is 0 Å². The zero-order valence-corrected chi connectivity index (χ0v) is 10.5. The number of rotatable bonds is 5. The summed E-state index contributed by atoms with van der Waals surface area (Å²) in [7, 11) is 0. The number of aromatic nitrogens is 1. The Hall–Kier alpha value is -1.89. The van der Waals surface area contributed by atoms with Crippen LogP contribution in [-0.4, -0.2) is 23.9 Å². The van der Waals surface area contributed by atoms with E-state index in [1.165, 1.54) is 6.92 Å². The molecule has 4 nitrogen and oxygen atoms in total. The number of ketones is 1. The third kappa shape index (κ3) is 3.56. The van der Waals surface area contributed by atoms with Crippen molar-refractivity contribution in [1.82, 2.24) is 4.98 Å². The molecule has 0 spiro atoms. The molecule has 0 aliphatic carbocycles. The quantitative estimate of drug-likeness (QED) is 0.729. The van der Waals surface area contributed by atoms with Crippen LogP contribution in [0.25, 0.3) is 0 Å². The number of Topliss-reactive ketones (excluding diaryl/α,β-unsaturated/α-hetero) is 1. The molecule has 0 aromatic carbocycles. The number of hydrogen-bond acceptors (Lipinski definition) is 4. The number of nitrogens with zero attached hydrogens (tertiary/aromatic N) is 3. The first-order valence-electron chi connectivity index (χ1n) is 5.70. The average molecular weight is 231 g/mol. The van der Waals surface area contributed by atoms with Crippen LogP contribution in [0.1, 0.15) is 31.1 Å². The van der Waals surface area contributed by atoms with Crippen LogP contribution < -0.4 is 4.90 Å². The Kier molecular flexibility index (Phi) is 4.65. The van der Waals surface area contributed by atoms with Gasteiger partial charge < -0.3 is 4.90 Å². The number of nitriles is 1. The van der Waals surface area contributed by atoms with E-state index in [1.54, 1.807) is 12.3 Å². The fraction of sp³-hybridized carbons (Fsp3) is 0.462. The van der Waals surface area contributed by atoms with Crippen molar-refractivity contribution in [2.24, 2.45) is 5.92 Å². The zero-order chi connectivity index (χ0) is 12.8. The molecule has 1 aromatic heterocycles. The molecule has 0 saturated heterocycles. The van der Waals surface area contributed by atoms with Crippen LogP contribution in [0.4, 0.5) is 5.82 Å². The molecule has 1 rings (SSSR count). The summed E-state index contributed by atoms with van der Waals surface area (Å²) in [6.45, 7) is 6.86. The fourth-order valence-electron chi connectivity index (χ4n) is 1.54. The summed E-state index contributed by atoms with van der Waals surface area (Å²) < 4.78 is 0. The molecule has 4 heteroatoms. The second-order valence-electron chi connectivity index (χ2n) is 4.03. The first-order valence-corrected chi connectivity index (χ1v) is 5.70. The van der Waals surface area contributed by atoms with Gasteiger partial charge in [-0.3, -0.25) is 4.79 Å². The lowest BCUT2D eigenvalue weighted by Gasteiger charge is -2.22. The molecule has 1 unspecified atom stereocenters. The molecule has 0 fully saturated rings. The Morgan fingerprint density at radius 2 is 2.29 bits per heavy atom. The first-order chi connectivity index (χ1) is 8.08. The van der Waals surface area contributed by atoms with Crippen molar-refractivity contribution in [3.05, 3.63) is 23.9 Å². The SMILES string of the molecule is CCN(CC(C)C#N)c1ccc(C(C)=O)cn1. The van der Waals surface area contributed by atoms with Gasteiger partial charge in [-0.05, 0) is 32.9 Å². The van der Waals surface area contributed by atoms with Crippen LogP contribution in [0.15, 0.2) is 18.3 Å². The van der Waals surface area contributed by atoms with Gasteiger partial charge in [-0.1, -0.05) is 0 Å². The van der Waals surface area contributed by atoms with Crippen LogP contribution >= 0.6 is 0 Å². The van der Waals surface area contributed by atoms with E-state index in [4.69, 9.17) is 5.26 Å². The monoisotopic (exact) mass is 231 g/mol. The molecule has 0 bridgehead atoms. The summed E-state index contributed by atoms with van der Waals surface area (Å²) in [6, 6.07) is 5.80. The second kappa shape index (κ2) is 6.00. The number of pyridine rings is 1. The van der Waals surface area contributed by atoms with Gasteiger partial charge in [0.15, 0.2) is 5.78 Å². The Balaban J connectivity index is 2.83. The maximum absolute atomic E-state index is 11.1. The van der Waals surface area contributed by atoms with Crippen molar-refractivity contribution in [3.63, 3.8) is 0 Å². The third-order valence-electron chi connectivity index (χ3n) is 2.57. The van der Waals surface area contributed by atoms with Gasteiger partial charge in [-0.15, -0.1) is 0 Å². The van der Waals surface area contributed by atoms with Crippen LogP contribution in [0.3, 0.4) is 0 Å². The molecular formula is C13H17N3O. The summed E-state index contributed by atoms with van der Waals surface area (Å²) in [6.07, 6.45) is 1.58. The third-order valence-corrected chi connectivity index (χ3v) is 2.57. The number of hydrogen-bond donors (Lipinski definition) is 0. The van der Waals surface area contributed by atoms with E-state index in [9.17, 15) is 4.79 Å². The van der Waals surface area contributed by atoms with Gasteiger partial charge in [0, 0.05) is 24.8 Å². The molecule has 1 atom stereocenters. The summed E-state index contributed by atoms with van der Waals surface area (Å²) >= 11 is 0. The van der Waals surface area contributed by atoms with E-state index in [0.29, 0.717) is 12.1 Å². The molecule has 0 amide bonds. The van der Waals surface area contributed by atoms with Crippen molar-refractivity contribution in [1.29, 1.82) is 5.26 Å². The van der Waals surface area contributed by atoms with E-state index in [1.807, 2.05) is 24.8 Å². The van der Waals surface area contributed by atoms with Gasteiger partial charge in [0.05, 0.1) is 12.0 Å². The Morgan fingerprint density at radius 1 is 1.59 bits per heavy atom. The lowest BCUT2D eigenvalue weighted by atomic mass is 10.2. The highest BCUT2D eigenvalue weighted by Gasteiger charge is 2.10. The Labute approximate surface area is 102 Å². The molecule has 0 N–H and O–H groups in total. The number of carbonyl (C=O) groups excluding carboxylic acids is 1. The minimum absolute atomic E-state index is 0.0116. The Morgan fingerprint density at radius 3 is 2.71 bits per heavy atom. The highest BCUT2D eigenvalue weighted by molar-refractivity contribution is 5.93. The average Bonchev–Trinajstić information content (AvgIpc) is 2.35. The minimum atomic E-state index is -0.0377. The predicted octanol–water partition coefficient (Wildman–Crippen LogP) is 2.27. The van der Waals surface area contributed by atoms with Crippen LogP contribution in [0, 0.1) is 17.2 Å². The van der Waals surface area contributed by atoms with Gasteiger partial charge in [0.25, 0.3) is 0 Å². The summed E-state index contributed by atoms with van der Waals surface area (Å²) in [5.41, 5.74) is 0.609. The van der Waals surface area contributed by atoms with Crippen LogP contribution in [0.5, 0.6) is 0 Å². The topological polar surface area (TPSA) is 57.0 Å². The zero-order valence-electron chi connectivity index (χ0n) is 10.5. The van der Waals surface area contributed by atoms with Gasteiger partial charge in [0.2, 0.25) is 0 Å². The summed E-state index contributed by atoms with van der Waals surface area (Å²) in [4.78, 5) is 17.4. The van der Waals surface area contributed by atoms with Gasteiger partial charge in [-0.2, -0.15) is 5.26 Å². The molecule has 17 heavy (non-hydrogen) atoms. The molecule has 1 heterocycles. The maximum Gasteiger partial charge on any atom is 0.161 e. The van der Waals surface area contributed by atoms with Crippen molar-refractivity contribution in [3.8, 4) is 6.07 Å². The highest BCUT2D eigenvalue weighted by atomic mass is 16.1. The van der Waals surface area contributed by atoms with Crippen LogP contribution in [-0.2, 0) is 0 Å². The van der Waals surface area contributed by atoms with Gasteiger partial charge >= 0.3 is 0 Å². The van der Waals surface area contributed by atoms with E-state index < -0.39 is 0 Å². The van der Waals surface area contributed by atoms with Crippen molar-refractivity contribution in [2.45, 2.75) is 20.8 Å². The highest BCUT2D eigenvalue weighted by Crippen LogP contribution is 2.13. The van der Waals surface area contributed by atoms with Gasteiger partial charge in [0.1, 0.15) is 5.82 Å². The Bertz CT molecular complexity index is 419. The minimum Gasteiger partial charge on any atom is -0.356 e. The van der Waals surface area contributed by atoms with Crippen molar-refractivity contribution >= 4 is 11.6 Å². The molecule has 0 aliphatic rings. The second-order valence-corrected chi connectivity index (χ2v) is 4.03. The van der Waals surface area contributed by atoms with Crippen LogP contribution in [0.2, 0.25) is 0 Å². The smallest absolute Gasteiger partial charge is 0.161 e. The van der Waals surface area contributed by atoms with E-state index in [-0.39, 0.29) is 11.7 Å². The molecule has 0 radical (unpaired) electrons. The van der Waals surface area contributed by atoms with Gasteiger partial charge in [-0.25, -0.2) is 4.98 Å².